The molecule has 0 aromatic heterocycles. The topological polar surface area (TPSA) is 55.8 Å². The lowest BCUT2D eigenvalue weighted by molar-refractivity contribution is -0.187. The molecule has 116 valence electrons. The second kappa shape index (κ2) is 5.18. The van der Waals surface area contributed by atoms with Crippen molar-refractivity contribution in [3.8, 4) is 0 Å². The molecule has 3 aliphatic rings. The van der Waals surface area contributed by atoms with Crippen molar-refractivity contribution in [2.45, 2.75) is 44.0 Å². The van der Waals surface area contributed by atoms with Crippen LogP contribution in [0.2, 0.25) is 0 Å². The maximum Gasteiger partial charge on any atom is 0.261 e. The van der Waals surface area contributed by atoms with Crippen molar-refractivity contribution in [2.24, 2.45) is 0 Å². The average molecular weight is 301 g/mol. The van der Waals surface area contributed by atoms with Gasteiger partial charge in [-0.3, -0.25) is 14.5 Å². The van der Waals surface area contributed by atoms with E-state index in [0.717, 1.165) is 25.7 Å². The fraction of sp³-hybridized carbons (Fsp3) is 0.529. The highest BCUT2D eigenvalue weighted by molar-refractivity contribution is 6.21. The van der Waals surface area contributed by atoms with Crippen LogP contribution in [0, 0.1) is 0 Å². The van der Waals surface area contributed by atoms with E-state index in [-0.39, 0.29) is 24.5 Å². The number of amides is 2. The van der Waals surface area contributed by atoms with E-state index >= 15 is 0 Å². The summed E-state index contributed by atoms with van der Waals surface area (Å²) in [6.45, 7) is 0.724. The molecule has 0 radical (unpaired) electrons. The number of hydrogen-bond acceptors (Lipinski definition) is 4. The van der Waals surface area contributed by atoms with E-state index in [2.05, 4.69) is 0 Å². The van der Waals surface area contributed by atoms with Crippen molar-refractivity contribution >= 4 is 11.8 Å². The highest BCUT2D eigenvalue weighted by Crippen LogP contribution is 2.38. The van der Waals surface area contributed by atoms with Gasteiger partial charge in [0.15, 0.2) is 5.79 Å². The summed E-state index contributed by atoms with van der Waals surface area (Å²) in [5.41, 5.74) is 0.970. The Bertz CT molecular complexity index is 586. The van der Waals surface area contributed by atoms with Crippen molar-refractivity contribution in [3.63, 3.8) is 0 Å². The third kappa shape index (κ3) is 2.16. The highest BCUT2D eigenvalue weighted by atomic mass is 16.7. The predicted molar refractivity (Wildman–Crippen MR) is 78.5 cm³/mol. The van der Waals surface area contributed by atoms with Crippen molar-refractivity contribution in [1.29, 1.82) is 0 Å². The molecule has 1 aromatic rings. The first-order valence-corrected chi connectivity index (χ1v) is 7.96. The molecule has 1 saturated carbocycles. The molecule has 1 aromatic carbocycles. The minimum absolute atomic E-state index is 0.222. The molecule has 5 heteroatoms. The quantitative estimate of drug-likeness (QED) is 0.787. The Morgan fingerprint density at radius 3 is 2.32 bits per heavy atom. The zero-order valence-corrected chi connectivity index (χ0v) is 12.4. The predicted octanol–water partition coefficient (Wildman–Crippen LogP) is 2.36. The maximum absolute atomic E-state index is 12.4. The Labute approximate surface area is 129 Å². The summed E-state index contributed by atoms with van der Waals surface area (Å²) in [5, 5.41) is 0. The molecule has 22 heavy (non-hydrogen) atoms. The third-order valence-corrected chi connectivity index (χ3v) is 4.79. The average Bonchev–Trinajstić information content (AvgIpc) is 3.04. The van der Waals surface area contributed by atoms with Crippen molar-refractivity contribution in [3.05, 3.63) is 35.4 Å². The van der Waals surface area contributed by atoms with Gasteiger partial charge >= 0.3 is 0 Å². The van der Waals surface area contributed by atoms with Gasteiger partial charge in [-0.15, -0.1) is 0 Å². The lowest BCUT2D eigenvalue weighted by Crippen LogP contribution is -2.39. The fourth-order valence-electron chi connectivity index (χ4n) is 3.67. The van der Waals surface area contributed by atoms with Gasteiger partial charge in [-0.1, -0.05) is 18.6 Å². The van der Waals surface area contributed by atoms with Crippen LogP contribution in [-0.2, 0) is 9.47 Å². The SMILES string of the molecule is O=C1c2ccccc2C(=O)N1CC1COC2(CCCCC2)O1. The second-order valence-corrected chi connectivity index (χ2v) is 6.29. The number of nitrogens with zero attached hydrogens (tertiary/aromatic N) is 1. The number of benzene rings is 1. The number of carbonyl (C=O) groups excluding carboxylic acids is 2. The van der Waals surface area contributed by atoms with Crippen LogP contribution in [0.1, 0.15) is 52.8 Å². The van der Waals surface area contributed by atoms with Gasteiger partial charge in [-0.05, 0) is 25.0 Å². The molecule has 2 heterocycles. The molecule has 1 spiro atoms. The van der Waals surface area contributed by atoms with Crippen LogP contribution in [-0.4, -0.2) is 41.8 Å². The summed E-state index contributed by atoms with van der Waals surface area (Å²) in [6.07, 6.45) is 5.04. The highest BCUT2D eigenvalue weighted by Gasteiger charge is 2.45. The zero-order chi connectivity index (χ0) is 15.2. The molecule has 1 aliphatic carbocycles. The van der Waals surface area contributed by atoms with E-state index in [1.165, 1.54) is 11.3 Å². The number of rotatable bonds is 2. The first-order valence-electron chi connectivity index (χ1n) is 7.96. The Balaban J connectivity index is 1.47. The van der Waals surface area contributed by atoms with Gasteiger partial charge in [0.2, 0.25) is 0 Å². The van der Waals surface area contributed by atoms with Gasteiger partial charge in [-0.2, -0.15) is 0 Å². The Morgan fingerprint density at radius 1 is 1.05 bits per heavy atom. The Kier molecular flexibility index (Phi) is 3.27. The lowest BCUT2D eigenvalue weighted by Gasteiger charge is -2.32. The maximum atomic E-state index is 12.4. The Morgan fingerprint density at radius 2 is 1.68 bits per heavy atom. The molecule has 0 bridgehead atoms. The molecular formula is C17H19NO4. The van der Waals surface area contributed by atoms with Gasteiger partial charge in [0.25, 0.3) is 11.8 Å². The number of ether oxygens (including phenoxy) is 2. The van der Waals surface area contributed by atoms with Crippen LogP contribution in [0.25, 0.3) is 0 Å². The second-order valence-electron chi connectivity index (χ2n) is 6.29. The largest absolute Gasteiger partial charge is 0.347 e. The third-order valence-electron chi connectivity index (χ3n) is 4.79. The molecule has 2 fully saturated rings. The standard InChI is InChI=1S/C17H19NO4/c19-15-13-6-2-3-7-14(13)16(20)18(15)10-12-11-21-17(22-12)8-4-1-5-9-17/h2-3,6-7,12H,1,4-5,8-11H2. The van der Waals surface area contributed by atoms with E-state index in [1.54, 1.807) is 24.3 Å². The number of imide groups is 1. The lowest BCUT2D eigenvalue weighted by atomic mass is 9.94. The van der Waals surface area contributed by atoms with Gasteiger partial charge in [0, 0.05) is 12.8 Å². The first kappa shape index (κ1) is 13.9. The van der Waals surface area contributed by atoms with Crippen LogP contribution >= 0.6 is 0 Å². The van der Waals surface area contributed by atoms with E-state index < -0.39 is 5.79 Å². The molecule has 5 nitrogen and oxygen atoms in total. The molecule has 1 unspecified atom stereocenters. The van der Waals surface area contributed by atoms with E-state index in [4.69, 9.17) is 9.47 Å². The van der Waals surface area contributed by atoms with Crippen molar-refractivity contribution in [1.82, 2.24) is 4.90 Å². The summed E-state index contributed by atoms with van der Waals surface area (Å²) < 4.78 is 12.0. The van der Waals surface area contributed by atoms with Crippen LogP contribution in [0.15, 0.2) is 24.3 Å². The van der Waals surface area contributed by atoms with E-state index in [9.17, 15) is 9.59 Å². The van der Waals surface area contributed by atoms with Crippen LogP contribution in [0.3, 0.4) is 0 Å². The number of hydrogen-bond donors (Lipinski definition) is 0. The molecule has 4 rings (SSSR count). The molecule has 0 N–H and O–H groups in total. The molecule has 2 amide bonds. The van der Waals surface area contributed by atoms with E-state index in [1.807, 2.05) is 0 Å². The zero-order valence-electron chi connectivity index (χ0n) is 12.4. The molecule has 2 aliphatic heterocycles. The van der Waals surface area contributed by atoms with Crippen LogP contribution in [0.4, 0.5) is 0 Å². The van der Waals surface area contributed by atoms with Gasteiger partial charge < -0.3 is 9.47 Å². The van der Waals surface area contributed by atoms with Gasteiger partial charge in [0.05, 0.1) is 24.3 Å². The van der Waals surface area contributed by atoms with Crippen LogP contribution in [0.5, 0.6) is 0 Å². The smallest absolute Gasteiger partial charge is 0.261 e. The minimum atomic E-state index is -0.471. The first-order chi connectivity index (χ1) is 10.7. The molecule has 1 saturated heterocycles. The molecular weight excluding hydrogens is 282 g/mol. The fourth-order valence-corrected chi connectivity index (χ4v) is 3.67. The molecule has 1 atom stereocenters. The van der Waals surface area contributed by atoms with Gasteiger partial charge in [-0.25, -0.2) is 0 Å². The summed E-state index contributed by atoms with van der Waals surface area (Å²) in [5.74, 6) is -0.927. The summed E-state index contributed by atoms with van der Waals surface area (Å²) in [6, 6.07) is 6.95. The van der Waals surface area contributed by atoms with Crippen molar-refractivity contribution in [2.75, 3.05) is 13.2 Å². The number of carbonyl (C=O) groups is 2. The van der Waals surface area contributed by atoms with Crippen LogP contribution < -0.4 is 0 Å². The summed E-state index contributed by atoms with van der Waals surface area (Å²) in [4.78, 5) is 26.0. The Hall–Kier alpha value is -1.72. The van der Waals surface area contributed by atoms with E-state index in [0.29, 0.717) is 17.7 Å². The van der Waals surface area contributed by atoms with Gasteiger partial charge in [0.1, 0.15) is 6.10 Å². The summed E-state index contributed by atoms with van der Waals surface area (Å²) >= 11 is 0. The minimum Gasteiger partial charge on any atom is -0.347 e. The summed E-state index contributed by atoms with van der Waals surface area (Å²) in [7, 11) is 0. The monoisotopic (exact) mass is 301 g/mol. The normalized spacial score (nSPS) is 26.7. The number of fused-ring (bicyclic) bond motifs is 1. The van der Waals surface area contributed by atoms with Crippen molar-refractivity contribution < 1.29 is 19.1 Å².